The Kier molecular flexibility index (Phi) is 11.0. The Morgan fingerprint density at radius 1 is 0.345 bits per heavy atom. The first-order chi connectivity index (χ1) is 13.1. The summed E-state index contributed by atoms with van der Waals surface area (Å²) < 4.78 is 120. The van der Waals surface area contributed by atoms with Crippen molar-refractivity contribution in [2.24, 2.45) is 0 Å². The molecule has 0 spiro atoms. The topological polar surface area (TPSA) is 0 Å². The van der Waals surface area contributed by atoms with E-state index in [9.17, 15) is 43.9 Å². The average Bonchev–Trinajstić information content (AvgIpc) is 2.70. The zero-order valence-corrected chi connectivity index (χ0v) is 14.5. The first-order valence-corrected chi connectivity index (χ1v) is 6.89. The largest absolute Gasteiger partial charge is 2.00 e. The monoisotopic (exact) mass is 470 g/mol. The van der Waals surface area contributed by atoms with E-state index in [4.69, 9.17) is 0 Å². The van der Waals surface area contributed by atoms with Gasteiger partial charge in [0.25, 0.3) is 0 Å². The second kappa shape index (κ2) is 12.1. The van der Waals surface area contributed by atoms with Gasteiger partial charge in [-0.2, -0.15) is 0 Å². The van der Waals surface area contributed by atoms with E-state index >= 15 is 0 Å². The van der Waals surface area contributed by atoms with Crippen molar-refractivity contribution >= 4 is 0 Å². The van der Waals surface area contributed by atoms with Gasteiger partial charge in [0, 0.05) is 0 Å². The van der Waals surface area contributed by atoms with Gasteiger partial charge in [0.15, 0.2) is 0 Å². The summed E-state index contributed by atoms with van der Waals surface area (Å²) in [5.41, 5.74) is 0. The minimum Gasteiger partial charge on any atom is -0.278 e. The van der Waals surface area contributed by atoms with Gasteiger partial charge in [0.05, 0.1) is 58.2 Å². The molecule has 158 valence electrons. The Morgan fingerprint density at radius 2 is 0.517 bits per heavy atom. The third kappa shape index (κ3) is 7.42. The Bertz CT molecular complexity index is 791. The van der Waals surface area contributed by atoms with Crippen LogP contribution in [-0.4, -0.2) is 0 Å². The van der Waals surface area contributed by atoms with E-state index in [0.717, 1.165) is 12.1 Å². The molecule has 0 fully saturated rings. The van der Waals surface area contributed by atoms with Crippen molar-refractivity contribution in [2.45, 2.75) is 0 Å². The molecule has 0 aliphatic carbocycles. The van der Waals surface area contributed by atoms with E-state index in [1.54, 1.807) is 0 Å². The van der Waals surface area contributed by atoms with Gasteiger partial charge in [-0.1, -0.05) is 36.4 Å². The molecule has 0 atom stereocenters. The van der Waals surface area contributed by atoms with Gasteiger partial charge in [-0.15, -0.1) is 12.1 Å². The summed E-state index contributed by atoms with van der Waals surface area (Å²) in [6.45, 7) is 0. The molecule has 3 aromatic rings. The number of hydrogen-bond donors (Lipinski definition) is 0. The fourth-order valence-electron chi connectivity index (χ4n) is 1.38. The van der Waals surface area contributed by atoms with Crippen LogP contribution in [0.3, 0.4) is 0 Å². The molecule has 11 heteroatoms. The summed E-state index contributed by atoms with van der Waals surface area (Å²) in [4.78, 5) is 0. The Hall–Kier alpha value is -2.55. The molecule has 0 radical (unpaired) electrons. The third-order valence-corrected chi connectivity index (χ3v) is 2.65. The molecule has 0 aliphatic heterocycles. The number of hydrogen-bond acceptors (Lipinski definition) is 0. The molecule has 0 amide bonds. The molecule has 0 nitrogen and oxygen atoms in total. The molecule has 0 aromatic heterocycles. The van der Waals surface area contributed by atoms with Crippen LogP contribution in [-0.2, 0) is 16.5 Å². The summed E-state index contributed by atoms with van der Waals surface area (Å²) in [6, 6.07) is 14.0. The van der Waals surface area contributed by atoms with Crippen molar-refractivity contribution in [1.82, 2.24) is 0 Å². The molecule has 0 saturated heterocycles. The quantitative estimate of drug-likeness (QED) is 0.123. The fraction of sp³-hybridized carbons (Fsp3) is 0. The van der Waals surface area contributed by atoms with Gasteiger partial charge in [-0.3, -0.25) is 17.6 Å². The first-order valence-electron chi connectivity index (χ1n) is 6.89. The molecular weight excluding hydrogens is 465 g/mol. The summed E-state index contributed by atoms with van der Waals surface area (Å²) in [5.74, 6) is -20.1. The zero-order valence-electron chi connectivity index (χ0n) is 13.6. The van der Waals surface area contributed by atoms with Crippen molar-refractivity contribution in [2.75, 3.05) is 0 Å². The molecule has 3 rings (SSSR count). The Morgan fingerprint density at radius 3 is 0.690 bits per heavy atom. The van der Waals surface area contributed by atoms with Gasteiger partial charge in [-0.05, 0) is 0 Å². The Balaban J connectivity index is 0.000000415. The van der Waals surface area contributed by atoms with E-state index in [-0.39, 0.29) is 16.5 Å². The van der Waals surface area contributed by atoms with Gasteiger partial charge in [0.2, 0.25) is 0 Å². The number of halogens is 10. The second-order valence-electron chi connectivity index (χ2n) is 4.54. The molecule has 0 N–H and O–H groups in total. The molecule has 29 heavy (non-hydrogen) atoms. The summed E-state index contributed by atoms with van der Waals surface area (Å²) >= 11 is 0. The summed E-state index contributed by atoms with van der Waals surface area (Å²) in [5, 5.41) is 0. The van der Waals surface area contributed by atoms with E-state index in [1.807, 2.05) is 36.4 Å². The number of rotatable bonds is 0. The zero-order chi connectivity index (χ0) is 21.4. The van der Waals surface area contributed by atoms with Crippen LogP contribution in [0.25, 0.3) is 0 Å². The SMILES string of the molecule is Fc1[c-]c(F)c(F)c(F)c1F.Fc1[c-]c(F)c(F)c(F)c1F.[Ni+2].c1ccccc1. The summed E-state index contributed by atoms with van der Waals surface area (Å²) in [7, 11) is 0. The van der Waals surface area contributed by atoms with Crippen LogP contribution >= 0.6 is 0 Å². The molecule has 0 saturated carbocycles. The van der Waals surface area contributed by atoms with Crippen molar-refractivity contribution in [3.63, 3.8) is 0 Å². The first kappa shape index (κ1) is 26.5. The van der Waals surface area contributed by atoms with Crippen LogP contribution in [0.2, 0.25) is 0 Å². The van der Waals surface area contributed by atoms with Crippen molar-refractivity contribution in [3.05, 3.63) is 107 Å². The molecule has 0 aliphatic rings. The van der Waals surface area contributed by atoms with E-state index < -0.39 is 58.2 Å². The molecule has 0 unspecified atom stereocenters. The number of benzene rings is 3. The maximum absolute atomic E-state index is 12.0. The van der Waals surface area contributed by atoms with Gasteiger partial charge < -0.3 is 0 Å². The van der Waals surface area contributed by atoms with Crippen LogP contribution in [0.15, 0.2) is 36.4 Å². The second-order valence-corrected chi connectivity index (χ2v) is 4.54. The third-order valence-electron chi connectivity index (χ3n) is 2.65. The smallest absolute Gasteiger partial charge is 0.278 e. The van der Waals surface area contributed by atoms with E-state index in [1.165, 1.54) is 0 Å². The van der Waals surface area contributed by atoms with Gasteiger partial charge in [0.1, 0.15) is 0 Å². The van der Waals surface area contributed by atoms with Crippen LogP contribution in [0.5, 0.6) is 0 Å². The van der Waals surface area contributed by atoms with Crippen molar-refractivity contribution < 1.29 is 60.4 Å². The summed E-state index contributed by atoms with van der Waals surface area (Å²) in [6.07, 6.45) is 0. The minimum atomic E-state index is -2.17. The fourth-order valence-corrected chi connectivity index (χ4v) is 1.38. The predicted octanol–water partition coefficient (Wildman–Crippen LogP) is 6.05. The van der Waals surface area contributed by atoms with Gasteiger partial charge >= 0.3 is 16.5 Å². The normalized spacial score (nSPS) is 9.45. The van der Waals surface area contributed by atoms with Crippen molar-refractivity contribution in [3.8, 4) is 0 Å². The van der Waals surface area contributed by atoms with E-state index in [2.05, 4.69) is 0 Å². The molecule has 0 heterocycles. The minimum absolute atomic E-state index is 0. The maximum atomic E-state index is 12.0. The molecule has 3 aromatic carbocycles. The van der Waals surface area contributed by atoms with Crippen LogP contribution in [0.4, 0.5) is 43.9 Å². The molecular formula is C18H6F10Ni. The van der Waals surface area contributed by atoms with Crippen LogP contribution < -0.4 is 0 Å². The average molecular weight is 471 g/mol. The van der Waals surface area contributed by atoms with Crippen molar-refractivity contribution in [1.29, 1.82) is 0 Å². The van der Waals surface area contributed by atoms with Crippen LogP contribution in [0.1, 0.15) is 0 Å². The van der Waals surface area contributed by atoms with Gasteiger partial charge in [-0.25, -0.2) is 26.3 Å². The standard InChI is InChI=1S/2C6F5.C6H6.Ni/c2*7-2-1-3(8)5(10)6(11)4(2)9;1-2-4-6-5-3-1;/h;;1-6H;/q2*-1;;+2. The predicted molar refractivity (Wildman–Crippen MR) is 76.6 cm³/mol. The maximum Gasteiger partial charge on any atom is 2.00 e. The molecule has 0 bridgehead atoms. The Labute approximate surface area is 167 Å². The van der Waals surface area contributed by atoms with E-state index in [0.29, 0.717) is 0 Å². The van der Waals surface area contributed by atoms with Crippen LogP contribution in [0, 0.1) is 70.3 Å².